The lowest BCUT2D eigenvalue weighted by Crippen LogP contribution is -2.52. The number of ether oxygens (including phenoxy) is 2. The smallest absolute Gasteiger partial charge is 0.449 e. The molecule has 1 aliphatic carbocycles. The minimum absolute atomic E-state index is 0.00463. The molecule has 0 radical (unpaired) electrons. The van der Waals surface area contributed by atoms with Crippen molar-refractivity contribution in [2.45, 2.75) is 38.0 Å². The van der Waals surface area contributed by atoms with Crippen molar-refractivity contribution >= 4 is 28.5 Å². The van der Waals surface area contributed by atoms with Gasteiger partial charge in [0.25, 0.3) is 0 Å². The van der Waals surface area contributed by atoms with Crippen LogP contribution in [0.25, 0.3) is 10.9 Å². The van der Waals surface area contributed by atoms with E-state index in [1.54, 1.807) is 4.90 Å². The average Bonchev–Trinajstić information content (AvgIpc) is 3.49. The molecule has 0 spiro atoms. The molecule has 0 amide bonds. The highest BCUT2D eigenvalue weighted by Crippen LogP contribution is 2.41. The van der Waals surface area contributed by atoms with E-state index in [0.29, 0.717) is 13.2 Å². The first-order valence-electron chi connectivity index (χ1n) is 10.8. The van der Waals surface area contributed by atoms with E-state index >= 15 is 8.78 Å². The maximum Gasteiger partial charge on any atom is 0.511 e. The number of aromatic nitrogens is 1. The number of rotatable bonds is 5. The molecule has 2 atom stereocenters. The van der Waals surface area contributed by atoms with Gasteiger partial charge >= 0.3 is 6.16 Å². The fourth-order valence-electron chi connectivity index (χ4n) is 4.93. The molecule has 33 heavy (non-hydrogen) atoms. The molecular weight excluding hydrogens is 440 g/mol. The van der Waals surface area contributed by atoms with Gasteiger partial charge in [-0.15, -0.1) is 0 Å². The first-order valence-corrected chi connectivity index (χ1v) is 10.8. The molecule has 2 saturated heterocycles. The van der Waals surface area contributed by atoms with Gasteiger partial charge in [-0.25, -0.2) is 13.6 Å². The van der Waals surface area contributed by atoms with Crippen LogP contribution in [0, 0.1) is 11.6 Å². The lowest BCUT2D eigenvalue weighted by Gasteiger charge is -2.35. The van der Waals surface area contributed by atoms with E-state index in [1.807, 2.05) is 4.90 Å². The van der Waals surface area contributed by atoms with Gasteiger partial charge in [0.05, 0.1) is 42.4 Å². The Bertz CT molecular complexity index is 1210. The Morgan fingerprint density at radius 1 is 1.27 bits per heavy atom. The molecule has 3 heterocycles. The highest BCUT2D eigenvalue weighted by molar-refractivity contribution is 5.86. The minimum atomic E-state index is -1.68. The molecule has 1 aromatic heterocycles. The Morgan fingerprint density at radius 2 is 2.03 bits per heavy atom. The fourth-order valence-corrected chi connectivity index (χ4v) is 4.93. The summed E-state index contributed by atoms with van der Waals surface area (Å²) in [4.78, 5) is 38.9. The largest absolute Gasteiger partial charge is 0.511 e. The highest BCUT2D eigenvalue weighted by Gasteiger charge is 2.42. The minimum Gasteiger partial charge on any atom is -0.449 e. The van der Waals surface area contributed by atoms with Gasteiger partial charge in [0.1, 0.15) is 17.3 Å². The van der Waals surface area contributed by atoms with Crippen LogP contribution >= 0.6 is 0 Å². The number of hydrogen-bond donors (Lipinski definition) is 1. The number of pyridine rings is 1. The third-order valence-corrected chi connectivity index (χ3v) is 6.45. The van der Waals surface area contributed by atoms with Crippen LogP contribution in [-0.4, -0.2) is 71.4 Å². The Kier molecular flexibility index (Phi) is 5.32. The Balaban J connectivity index is 1.59. The molecule has 5 rings (SSSR count). The van der Waals surface area contributed by atoms with Crippen LogP contribution in [0.5, 0.6) is 5.75 Å². The lowest BCUT2D eigenvalue weighted by molar-refractivity contribution is -0.121. The zero-order valence-corrected chi connectivity index (χ0v) is 17.9. The average molecular weight is 463 g/mol. The van der Waals surface area contributed by atoms with Crippen molar-refractivity contribution in [3.05, 3.63) is 34.1 Å². The number of halogens is 2. The summed E-state index contributed by atoms with van der Waals surface area (Å²) in [6.45, 7) is 3.24. The Labute approximate surface area is 187 Å². The SMILES string of the molecule is CC(=O)CN1CCO[C@@H]2CN(c3c(F)cc4c(=O)c(OC(=O)O)cn(C5CC5)c4c3F)C[C@@H]21. The molecular formula is C22H23F2N3O6. The first kappa shape index (κ1) is 21.8. The summed E-state index contributed by atoms with van der Waals surface area (Å²) in [5.41, 5.74) is -1.23. The number of carbonyl (C=O) groups excluding carboxylic acids is 1. The van der Waals surface area contributed by atoms with E-state index < -0.39 is 29.0 Å². The number of ketones is 1. The van der Waals surface area contributed by atoms with Crippen LogP contribution in [0.2, 0.25) is 0 Å². The summed E-state index contributed by atoms with van der Waals surface area (Å²) >= 11 is 0. The van der Waals surface area contributed by atoms with Gasteiger partial charge in [0.15, 0.2) is 11.6 Å². The monoisotopic (exact) mass is 463 g/mol. The standard InChI is InChI=1S/C22H23F2N3O6/c1-11(28)7-25-4-5-32-16-9-26(8-15(16)25)20-14(23)6-13-19(18(20)24)27(12-2-3-12)10-17(21(13)29)33-22(30)31/h6,10,12,15-16H,2-5,7-9H2,1H3,(H,30,31)/t15-,16+/m0/s1. The molecule has 11 heteroatoms. The van der Waals surface area contributed by atoms with Gasteiger partial charge in [-0.1, -0.05) is 0 Å². The number of carbonyl (C=O) groups is 2. The Morgan fingerprint density at radius 3 is 2.70 bits per heavy atom. The summed E-state index contributed by atoms with van der Waals surface area (Å²) in [6, 6.07) is 0.626. The molecule has 3 fully saturated rings. The molecule has 1 aromatic carbocycles. The van der Waals surface area contributed by atoms with Crippen molar-refractivity contribution < 1.29 is 33.0 Å². The predicted molar refractivity (Wildman–Crippen MR) is 113 cm³/mol. The van der Waals surface area contributed by atoms with Crippen LogP contribution in [0.1, 0.15) is 25.8 Å². The van der Waals surface area contributed by atoms with Gasteiger partial charge < -0.3 is 24.0 Å². The fraction of sp³-hybridized carbons (Fsp3) is 0.500. The Hall–Kier alpha value is -3.05. The third-order valence-electron chi connectivity index (χ3n) is 6.45. The van der Waals surface area contributed by atoms with E-state index in [2.05, 4.69) is 4.74 Å². The number of morpholine rings is 1. The number of benzene rings is 1. The number of carboxylic acid groups (broad SMARTS) is 1. The number of Topliss-reactive ketones (excluding diaryl/α,β-unsaturated/α-hetero) is 1. The predicted octanol–water partition coefficient (Wildman–Crippen LogP) is 2.15. The second kappa shape index (κ2) is 8.07. The molecule has 0 unspecified atom stereocenters. The van der Waals surface area contributed by atoms with Gasteiger partial charge in [-0.3, -0.25) is 14.5 Å². The van der Waals surface area contributed by atoms with Crippen molar-refractivity contribution in [3.8, 4) is 5.75 Å². The van der Waals surface area contributed by atoms with Gasteiger partial charge in [0, 0.05) is 25.7 Å². The third kappa shape index (κ3) is 3.84. The maximum atomic E-state index is 15.9. The van der Waals surface area contributed by atoms with Crippen molar-refractivity contribution in [1.82, 2.24) is 9.47 Å². The van der Waals surface area contributed by atoms with E-state index in [9.17, 15) is 14.4 Å². The van der Waals surface area contributed by atoms with E-state index in [1.165, 1.54) is 17.7 Å². The maximum absolute atomic E-state index is 15.9. The summed E-state index contributed by atoms with van der Waals surface area (Å²) in [5.74, 6) is -2.30. The molecule has 176 valence electrons. The zero-order valence-electron chi connectivity index (χ0n) is 17.9. The summed E-state index contributed by atoms with van der Waals surface area (Å²) in [7, 11) is 0. The first-order chi connectivity index (χ1) is 15.7. The molecule has 3 aliphatic rings. The number of hydrogen-bond acceptors (Lipinski definition) is 7. The number of fused-ring (bicyclic) bond motifs is 2. The second-order valence-electron chi connectivity index (χ2n) is 8.80. The molecule has 1 saturated carbocycles. The molecule has 2 aromatic rings. The topological polar surface area (TPSA) is 101 Å². The van der Waals surface area contributed by atoms with Crippen molar-refractivity contribution in [2.24, 2.45) is 0 Å². The number of nitrogens with zero attached hydrogens (tertiary/aromatic N) is 3. The van der Waals surface area contributed by atoms with Crippen LogP contribution in [0.3, 0.4) is 0 Å². The van der Waals surface area contributed by atoms with Crippen molar-refractivity contribution in [1.29, 1.82) is 0 Å². The molecule has 0 bridgehead atoms. The van der Waals surface area contributed by atoms with E-state index in [0.717, 1.165) is 18.9 Å². The van der Waals surface area contributed by atoms with Crippen LogP contribution in [0.15, 0.2) is 17.1 Å². The van der Waals surface area contributed by atoms with Crippen molar-refractivity contribution in [2.75, 3.05) is 37.7 Å². The molecule has 2 aliphatic heterocycles. The summed E-state index contributed by atoms with van der Waals surface area (Å²) in [5, 5.41) is 8.65. The van der Waals surface area contributed by atoms with Crippen LogP contribution in [-0.2, 0) is 9.53 Å². The quantitative estimate of drug-likeness (QED) is 0.674. The van der Waals surface area contributed by atoms with Gasteiger partial charge in [0.2, 0.25) is 5.43 Å². The highest BCUT2D eigenvalue weighted by atomic mass is 19.1. The summed E-state index contributed by atoms with van der Waals surface area (Å²) in [6.07, 6.45) is 0.644. The lowest BCUT2D eigenvalue weighted by atomic mass is 10.1. The van der Waals surface area contributed by atoms with E-state index in [4.69, 9.17) is 9.84 Å². The van der Waals surface area contributed by atoms with Crippen molar-refractivity contribution in [3.63, 3.8) is 0 Å². The summed E-state index contributed by atoms with van der Waals surface area (Å²) < 4.78 is 43.0. The van der Waals surface area contributed by atoms with Crippen LogP contribution in [0.4, 0.5) is 19.3 Å². The molecule has 1 N–H and O–H groups in total. The van der Waals surface area contributed by atoms with Gasteiger partial charge in [-0.05, 0) is 25.8 Å². The number of anilines is 1. The normalized spacial score (nSPS) is 23.1. The van der Waals surface area contributed by atoms with Crippen LogP contribution < -0.4 is 15.1 Å². The van der Waals surface area contributed by atoms with E-state index in [-0.39, 0.29) is 60.2 Å². The second-order valence-corrected chi connectivity index (χ2v) is 8.80. The zero-order chi connectivity index (χ0) is 23.4. The van der Waals surface area contributed by atoms with Gasteiger partial charge in [-0.2, -0.15) is 0 Å². The molecule has 9 nitrogen and oxygen atoms in total.